The Bertz CT molecular complexity index is 694. The molecule has 0 bridgehead atoms. The average molecular weight is 232 g/mol. The predicted octanol–water partition coefficient (Wildman–Crippen LogP) is 5.12. The van der Waals surface area contributed by atoms with E-state index in [1.807, 2.05) is 0 Å². The zero-order valence-electron chi connectivity index (χ0n) is 10.8. The molecule has 0 fully saturated rings. The van der Waals surface area contributed by atoms with E-state index >= 15 is 0 Å². The standard InChI is InChI=1S/C18H16/c1-13-8-9-14(2)18-12-16(10-11-17(13)18)15-6-4-3-5-7-15/h3-12H,1-2H3. The Morgan fingerprint density at radius 2 is 1.22 bits per heavy atom. The van der Waals surface area contributed by atoms with E-state index in [1.165, 1.54) is 33.0 Å². The second kappa shape index (κ2) is 4.30. The summed E-state index contributed by atoms with van der Waals surface area (Å²) in [5.41, 5.74) is 5.25. The average Bonchev–Trinajstić information content (AvgIpc) is 2.44. The van der Waals surface area contributed by atoms with Gasteiger partial charge in [0.05, 0.1) is 0 Å². The maximum Gasteiger partial charge on any atom is -0.0146 e. The smallest absolute Gasteiger partial charge is 0.0146 e. The quantitative estimate of drug-likeness (QED) is 0.546. The van der Waals surface area contributed by atoms with Crippen molar-refractivity contribution >= 4 is 10.8 Å². The van der Waals surface area contributed by atoms with Gasteiger partial charge in [-0.2, -0.15) is 0 Å². The highest BCUT2D eigenvalue weighted by Gasteiger charge is 2.03. The minimum atomic E-state index is 1.28. The molecule has 0 saturated carbocycles. The highest BCUT2D eigenvalue weighted by molar-refractivity contribution is 5.92. The van der Waals surface area contributed by atoms with Crippen LogP contribution < -0.4 is 0 Å². The molecule has 0 atom stereocenters. The number of hydrogen-bond acceptors (Lipinski definition) is 0. The Labute approximate surface area is 108 Å². The van der Waals surface area contributed by atoms with Crippen molar-refractivity contribution in [2.45, 2.75) is 13.8 Å². The first kappa shape index (κ1) is 11.0. The zero-order valence-corrected chi connectivity index (χ0v) is 10.8. The van der Waals surface area contributed by atoms with Crippen LogP contribution in [-0.2, 0) is 0 Å². The second-order valence-electron chi connectivity index (χ2n) is 4.83. The molecule has 0 heterocycles. The molecule has 0 spiro atoms. The molecule has 0 heteroatoms. The second-order valence-corrected chi connectivity index (χ2v) is 4.83. The van der Waals surface area contributed by atoms with Gasteiger partial charge in [0.2, 0.25) is 0 Å². The zero-order chi connectivity index (χ0) is 12.5. The molecule has 3 rings (SSSR count). The summed E-state index contributed by atoms with van der Waals surface area (Å²) in [6, 6.07) is 21.7. The highest BCUT2D eigenvalue weighted by Crippen LogP contribution is 2.28. The minimum Gasteiger partial charge on any atom is -0.0622 e. The van der Waals surface area contributed by atoms with Gasteiger partial charge in [-0.3, -0.25) is 0 Å². The minimum absolute atomic E-state index is 1.28. The molecule has 0 nitrogen and oxygen atoms in total. The molecule has 0 aliphatic heterocycles. The molecule has 88 valence electrons. The normalized spacial score (nSPS) is 10.8. The third kappa shape index (κ3) is 1.80. The first-order valence-corrected chi connectivity index (χ1v) is 6.31. The Morgan fingerprint density at radius 1 is 0.556 bits per heavy atom. The summed E-state index contributed by atoms with van der Waals surface area (Å²) in [6.45, 7) is 4.35. The van der Waals surface area contributed by atoms with Crippen LogP contribution in [0, 0.1) is 13.8 Å². The van der Waals surface area contributed by atoms with Crippen molar-refractivity contribution in [1.29, 1.82) is 0 Å². The molecule has 0 N–H and O–H groups in total. The van der Waals surface area contributed by atoms with Gasteiger partial charge in [-0.25, -0.2) is 0 Å². The first-order valence-electron chi connectivity index (χ1n) is 6.31. The van der Waals surface area contributed by atoms with E-state index in [-0.39, 0.29) is 0 Å². The molecule has 18 heavy (non-hydrogen) atoms. The van der Waals surface area contributed by atoms with Crippen LogP contribution in [0.15, 0.2) is 60.7 Å². The van der Waals surface area contributed by atoms with Crippen molar-refractivity contribution in [2.75, 3.05) is 0 Å². The van der Waals surface area contributed by atoms with Gasteiger partial charge in [0, 0.05) is 0 Å². The number of rotatable bonds is 1. The van der Waals surface area contributed by atoms with Crippen molar-refractivity contribution in [1.82, 2.24) is 0 Å². The largest absolute Gasteiger partial charge is 0.0622 e. The van der Waals surface area contributed by atoms with E-state index in [0.29, 0.717) is 0 Å². The molecule has 3 aromatic rings. The SMILES string of the molecule is Cc1ccc(C)c2cc(-c3ccccc3)ccc12. The molecule has 3 aromatic carbocycles. The third-order valence-corrected chi connectivity index (χ3v) is 3.56. The summed E-state index contributed by atoms with van der Waals surface area (Å²) in [7, 11) is 0. The van der Waals surface area contributed by atoms with Gasteiger partial charge in [0.25, 0.3) is 0 Å². The predicted molar refractivity (Wildman–Crippen MR) is 78.9 cm³/mol. The van der Waals surface area contributed by atoms with Crippen LogP contribution in [0.3, 0.4) is 0 Å². The molecule has 0 aromatic heterocycles. The third-order valence-electron chi connectivity index (χ3n) is 3.56. The lowest BCUT2D eigenvalue weighted by atomic mass is 9.96. The monoisotopic (exact) mass is 232 g/mol. The van der Waals surface area contributed by atoms with Gasteiger partial charge in [-0.05, 0) is 52.9 Å². The Morgan fingerprint density at radius 3 is 1.94 bits per heavy atom. The van der Waals surface area contributed by atoms with Crippen LogP contribution >= 0.6 is 0 Å². The van der Waals surface area contributed by atoms with Crippen LogP contribution in [0.5, 0.6) is 0 Å². The highest BCUT2D eigenvalue weighted by atomic mass is 14.1. The summed E-state index contributed by atoms with van der Waals surface area (Å²) < 4.78 is 0. The molecule has 0 saturated heterocycles. The summed E-state index contributed by atoms with van der Waals surface area (Å²) in [5.74, 6) is 0. The van der Waals surface area contributed by atoms with E-state index in [1.54, 1.807) is 0 Å². The van der Waals surface area contributed by atoms with Crippen molar-refractivity contribution in [3.8, 4) is 11.1 Å². The van der Waals surface area contributed by atoms with E-state index in [0.717, 1.165) is 0 Å². The van der Waals surface area contributed by atoms with Gasteiger partial charge < -0.3 is 0 Å². The van der Waals surface area contributed by atoms with E-state index < -0.39 is 0 Å². The summed E-state index contributed by atoms with van der Waals surface area (Å²) in [4.78, 5) is 0. The van der Waals surface area contributed by atoms with Crippen LogP contribution in [0.2, 0.25) is 0 Å². The number of hydrogen-bond donors (Lipinski definition) is 0. The molecule has 0 aliphatic rings. The Kier molecular flexibility index (Phi) is 2.64. The lowest BCUT2D eigenvalue weighted by Gasteiger charge is -2.08. The van der Waals surface area contributed by atoms with E-state index in [4.69, 9.17) is 0 Å². The topological polar surface area (TPSA) is 0 Å². The van der Waals surface area contributed by atoms with Crippen LogP contribution in [-0.4, -0.2) is 0 Å². The lowest BCUT2D eigenvalue weighted by Crippen LogP contribution is -1.84. The fourth-order valence-corrected chi connectivity index (χ4v) is 2.45. The van der Waals surface area contributed by atoms with Crippen LogP contribution in [0.4, 0.5) is 0 Å². The van der Waals surface area contributed by atoms with Crippen molar-refractivity contribution < 1.29 is 0 Å². The molecule has 0 amide bonds. The van der Waals surface area contributed by atoms with Gasteiger partial charge in [0.1, 0.15) is 0 Å². The molecular weight excluding hydrogens is 216 g/mol. The fourth-order valence-electron chi connectivity index (χ4n) is 2.45. The fraction of sp³-hybridized carbons (Fsp3) is 0.111. The van der Waals surface area contributed by atoms with Gasteiger partial charge in [-0.1, -0.05) is 54.6 Å². The van der Waals surface area contributed by atoms with Crippen molar-refractivity contribution in [3.63, 3.8) is 0 Å². The number of aryl methyl sites for hydroxylation is 2. The van der Waals surface area contributed by atoms with E-state index in [9.17, 15) is 0 Å². The maximum absolute atomic E-state index is 2.30. The van der Waals surface area contributed by atoms with E-state index in [2.05, 4.69) is 74.5 Å². The maximum atomic E-state index is 2.30. The Balaban J connectivity index is 2.26. The van der Waals surface area contributed by atoms with Crippen molar-refractivity contribution in [2.24, 2.45) is 0 Å². The Hall–Kier alpha value is -2.08. The molecular formula is C18H16. The summed E-state index contributed by atoms with van der Waals surface area (Å²) in [5, 5.41) is 2.71. The van der Waals surface area contributed by atoms with Crippen molar-refractivity contribution in [3.05, 3.63) is 71.8 Å². The van der Waals surface area contributed by atoms with Gasteiger partial charge in [-0.15, -0.1) is 0 Å². The molecule has 0 unspecified atom stereocenters. The summed E-state index contributed by atoms with van der Waals surface area (Å²) >= 11 is 0. The number of fused-ring (bicyclic) bond motifs is 1. The van der Waals surface area contributed by atoms with Crippen LogP contribution in [0.1, 0.15) is 11.1 Å². The molecule has 0 radical (unpaired) electrons. The first-order chi connectivity index (χ1) is 8.75. The number of benzene rings is 3. The van der Waals surface area contributed by atoms with Gasteiger partial charge >= 0.3 is 0 Å². The van der Waals surface area contributed by atoms with Gasteiger partial charge in [0.15, 0.2) is 0 Å². The lowest BCUT2D eigenvalue weighted by molar-refractivity contribution is 1.46. The summed E-state index contributed by atoms with van der Waals surface area (Å²) in [6.07, 6.45) is 0. The van der Waals surface area contributed by atoms with Crippen LogP contribution in [0.25, 0.3) is 21.9 Å². The molecule has 0 aliphatic carbocycles.